The number of fused-ring (bicyclic) bond motifs is 1. The second-order valence-corrected chi connectivity index (χ2v) is 15.6. The topological polar surface area (TPSA) is 81.4 Å². The third kappa shape index (κ3) is 4.87. The molecule has 198 valence electrons. The maximum Gasteiger partial charge on any atom is 0.341 e. The maximum atomic E-state index is 13.3. The van der Waals surface area contributed by atoms with Crippen molar-refractivity contribution in [1.29, 1.82) is 0 Å². The van der Waals surface area contributed by atoms with Crippen LogP contribution in [0.4, 0.5) is 0 Å². The summed E-state index contributed by atoms with van der Waals surface area (Å²) in [5.41, 5.74) is 2.78. The van der Waals surface area contributed by atoms with E-state index >= 15 is 0 Å². The zero-order chi connectivity index (χ0) is 27.6. The molecule has 0 fully saturated rings. The van der Waals surface area contributed by atoms with Crippen LogP contribution in [0.25, 0.3) is 16.0 Å². The van der Waals surface area contributed by atoms with Crippen molar-refractivity contribution in [1.82, 2.24) is 9.55 Å². The molecular weight excluding hydrogens is 525 g/mol. The summed E-state index contributed by atoms with van der Waals surface area (Å²) in [6, 6.07) is 29.9. The van der Waals surface area contributed by atoms with Crippen molar-refractivity contribution in [3.63, 3.8) is 0 Å². The number of aromatic carboxylic acids is 1. The summed E-state index contributed by atoms with van der Waals surface area (Å²) in [4.78, 5) is 30.1. The van der Waals surface area contributed by atoms with E-state index in [1.165, 1.54) is 32.3 Å². The Morgan fingerprint density at radius 3 is 2.13 bits per heavy atom. The minimum absolute atomic E-state index is 0.156. The first-order valence-corrected chi connectivity index (χ1v) is 15.6. The number of carboxylic acid groups (broad SMARTS) is 1. The van der Waals surface area contributed by atoms with Gasteiger partial charge in [-0.25, -0.2) is 9.78 Å². The van der Waals surface area contributed by atoms with E-state index in [9.17, 15) is 14.7 Å². The Balaban J connectivity index is 1.57. The Kier molecular flexibility index (Phi) is 7.35. The third-order valence-corrected chi connectivity index (χ3v) is 12.9. The number of rotatable bonds is 8. The van der Waals surface area contributed by atoms with Crippen LogP contribution in [0.2, 0.25) is 5.04 Å². The molecule has 1 N–H and O–H groups in total. The summed E-state index contributed by atoms with van der Waals surface area (Å²) in [6.07, 6.45) is 0.546. The van der Waals surface area contributed by atoms with Gasteiger partial charge >= 0.3 is 5.97 Å². The zero-order valence-corrected chi connectivity index (χ0v) is 23.9. The van der Waals surface area contributed by atoms with Gasteiger partial charge in [0.25, 0.3) is 13.9 Å². The molecule has 0 amide bonds. The number of carbonyl (C=O) groups is 1. The second-order valence-electron chi connectivity index (χ2n) is 10.4. The molecule has 2 heterocycles. The average Bonchev–Trinajstić information content (AvgIpc) is 3.40. The summed E-state index contributed by atoms with van der Waals surface area (Å²) >= 11 is 1.31. The van der Waals surface area contributed by atoms with Crippen molar-refractivity contribution in [3.8, 4) is 5.69 Å². The lowest BCUT2D eigenvalue weighted by Gasteiger charge is -2.43. The van der Waals surface area contributed by atoms with E-state index in [-0.39, 0.29) is 10.6 Å². The van der Waals surface area contributed by atoms with Gasteiger partial charge in [0.2, 0.25) is 0 Å². The minimum atomic E-state index is -2.72. The van der Waals surface area contributed by atoms with E-state index in [0.717, 1.165) is 5.56 Å². The van der Waals surface area contributed by atoms with E-state index in [1.807, 2.05) is 36.4 Å². The molecular formula is C31H30N2O4SSi. The summed E-state index contributed by atoms with van der Waals surface area (Å²) < 4.78 is 8.55. The highest BCUT2D eigenvalue weighted by atomic mass is 32.1. The molecule has 0 atom stereocenters. The van der Waals surface area contributed by atoms with Crippen LogP contribution < -0.4 is 15.9 Å². The number of pyridine rings is 1. The quantitative estimate of drug-likeness (QED) is 0.265. The minimum Gasteiger partial charge on any atom is -0.477 e. The SMILES string of the molecule is CC(C)(C)[Si](OCCc1ccccc1-n1c(=O)c(C(=O)O)cc2ncsc21)(c1ccccc1)c1ccccc1. The Morgan fingerprint density at radius 1 is 0.949 bits per heavy atom. The van der Waals surface area contributed by atoms with Crippen LogP contribution in [-0.2, 0) is 10.8 Å². The Morgan fingerprint density at radius 2 is 1.54 bits per heavy atom. The van der Waals surface area contributed by atoms with Crippen LogP contribution in [0, 0.1) is 0 Å². The molecule has 5 rings (SSSR count). The van der Waals surface area contributed by atoms with Crippen LogP contribution >= 0.6 is 11.3 Å². The molecule has 0 bridgehead atoms. The van der Waals surface area contributed by atoms with Crippen LogP contribution in [-0.4, -0.2) is 35.6 Å². The smallest absolute Gasteiger partial charge is 0.341 e. The van der Waals surface area contributed by atoms with Crippen LogP contribution in [0.15, 0.2) is 101 Å². The molecule has 0 saturated heterocycles. The predicted molar refractivity (Wildman–Crippen MR) is 159 cm³/mol. The number of nitrogens with zero attached hydrogens (tertiary/aromatic N) is 2. The van der Waals surface area contributed by atoms with Crippen molar-refractivity contribution in [2.45, 2.75) is 32.2 Å². The number of hydrogen-bond donors (Lipinski definition) is 1. The fourth-order valence-corrected chi connectivity index (χ4v) is 10.7. The molecule has 5 aromatic rings. The first-order chi connectivity index (χ1) is 18.7. The maximum absolute atomic E-state index is 13.3. The molecule has 0 unspecified atom stereocenters. The Labute approximate surface area is 232 Å². The monoisotopic (exact) mass is 554 g/mol. The van der Waals surface area contributed by atoms with Crippen molar-refractivity contribution in [3.05, 3.63) is 118 Å². The average molecular weight is 555 g/mol. The molecule has 6 nitrogen and oxygen atoms in total. The molecule has 8 heteroatoms. The van der Waals surface area contributed by atoms with E-state index in [4.69, 9.17) is 4.43 Å². The molecule has 2 aromatic heterocycles. The normalized spacial score (nSPS) is 12.1. The van der Waals surface area contributed by atoms with Crippen molar-refractivity contribution < 1.29 is 14.3 Å². The van der Waals surface area contributed by atoms with Gasteiger partial charge in [0.15, 0.2) is 0 Å². The number of benzene rings is 3. The molecule has 0 spiro atoms. The van der Waals surface area contributed by atoms with Crippen molar-refractivity contribution >= 4 is 46.3 Å². The molecule has 0 aliphatic rings. The molecule has 0 aliphatic carbocycles. The first kappa shape index (κ1) is 26.7. The van der Waals surface area contributed by atoms with Crippen molar-refractivity contribution in [2.75, 3.05) is 6.61 Å². The third-order valence-electron chi connectivity index (χ3n) is 7.06. The zero-order valence-electron chi connectivity index (χ0n) is 22.1. The lowest BCUT2D eigenvalue weighted by Crippen LogP contribution is -2.66. The van der Waals surface area contributed by atoms with E-state index in [1.54, 1.807) is 5.51 Å². The lowest BCUT2D eigenvalue weighted by atomic mass is 10.1. The molecule has 0 aliphatic heterocycles. The second kappa shape index (κ2) is 10.7. The first-order valence-electron chi connectivity index (χ1n) is 12.8. The van der Waals surface area contributed by atoms with E-state index in [2.05, 4.69) is 74.3 Å². The number of aromatic nitrogens is 2. The highest BCUT2D eigenvalue weighted by Gasteiger charge is 2.50. The Hall–Kier alpha value is -3.85. The van der Waals surface area contributed by atoms with Gasteiger partial charge < -0.3 is 9.53 Å². The largest absolute Gasteiger partial charge is 0.477 e. The summed E-state index contributed by atoms with van der Waals surface area (Å²) in [6.45, 7) is 7.16. The van der Waals surface area contributed by atoms with E-state index < -0.39 is 19.8 Å². The fraction of sp³-hybridized carbons (Fsp3) is 0.194. The van der Waals surface area contributed by atoms with Gasteiger partial charge in [-0.05, 0) is 39.5 Å². The highest BCUT2D eigenvalue weighted by Crippen LogP contribution is 2.37. The summed E-state index contributed by atoms with van der Waals surface area (Å²) in [5, 5.41) is 11.9. The molecule has 39 heavy (non-hydrogen) atoms. The van der Waals surface area contributed by atoms with Crippen molar-refractivity contribution in [2.24, 2.45) is 0 Å². The molecule has 0 radical (unpaired) electrons. The van der Waals surface area contributed by atoms with Gasteiger partial charge in [-0.1, -0.05) is 99.6 Å². The van der Waals surface area contributed by atoms with Crippen LogP contribution in [0.1, 0.15) is 36.7 Å². The van der Waals surface area contributed by atoms with Gasteiger partial charge in [0.1, 0.15) is 10.4 Å². The standard InChI is InChI=1S/C31H30N2O4SSi/c1-31(2,3)39(23-13-6-4-7-14-23,24-15-8-5-9-16-24)37-19-18-22-12-10-11-17-27(22)33-28(34)25(30(35)36)20-26-29(33)38-21-32-26/h4-17,20-21H,18-19H2,1-3H3,(H,35,36). The highest BCUT2D eigenvalue weighted by molar-refractivity contribution is 7.16. The molecule has 3 aromatic carbocycles. The molecule has 0 saturated carbocycles. The van der Waals surface area contributed by atoms with Crippen LogP contribution in [0.5, 0.6) is 0 Å². The van der Waals surface area contributed by atoms with Gasteiger partial charge in [-0.3, -0.25) is 9.36 Å². The van der Waals surface area contributed by atoms with Gasteiger partial charge in [0.05, 0.1) is 16.7 Å². The lowest BCUT2D eigenvalue weighted by molar-refractivity contribution is 0.0695. The Bertz CT molecular complexity index is 1630. The van der Waals surface area contributed by atoms with Gasteiger partial charge in [0, 0.05) is 6.61 Å². The number of carboxylic acids is 1. The van der Waals surface area contributed by atoms with Gasteiger partial charge in [-0.2, -0.15) is 0 Å². The summed E-state index contributed by atoms with van der Waals surface area (Å²) in [7, 11) is -2.72. The van der Waals surface area contributed by atoms with Gasteiger partial charge in [-0.15, -0.1) is 11.3 Å². The van der Waals surface area contributed by atoms with Crippen LogP contribution in [0.3, 0.4) is 0 Å². The van der Waals surface area contributed by atoms with E-state index in [0.29, 0.717) is 29.1 Å². The summed E-state index contributed by atoms with van der Waals surface area (Å²) in [5.74, 6) is -1.27. The predicted octanol–water partition coefficient (Wildman–Crippen LogP) is 5.26. The number of hydrogen-bond acceptors (Lipinski definition) is 5. The fourth-order valence-electron chi connectivity index (χ4n) is 5.31. The number of thiazole rings is 1. The number of para-hydroxylation sites is 1.